The molecule has 13 heavy (non-hydrogen) atoms. The highest BCUT2D eigenvalue weighted by Gasteiger charge is 2.30. The summed E-state index contributed by atoms with van der Waals surface area (Å²) in [6.45, 7) is 0.795. The Morgan fingerprint density at radius 2 is 2.46 bits per heavy atom. The normalized spacial score (nSPS) is 22.7. The van der Waals surface area contributed by atoms with Gasteiger partial charge in [-0.3, -0.25) is 9.48 Å². The minimum absolute atomic E-state index is 0.114. The van der Waals surface area contributed by atoms with Gasteiger partial charge in [-0.25, -0.2) is 0 Å². The fraction of sp³-hybridized carbons (Fsp3) is 0.500. The smallest absolute Gasteiger partial charge is 0.247 e. The molecule has 0 bridgehead atoms. The molecule has 2 N–H and O–H groups in total. The maximum absolute atomic E-state index is 11.5. The number of aromatic nitrogens is 2. The van der Waals surface area contributed by atoms with Gasteiger partial charge in [0, 0.05) is 19.8 Å². The number of nitrogens with two attached hydrogens (primary N) is 1. The molecule has 1 unspecified atom stereocenters. The Morgan fingerprint density at radius 1 is 1.69 bits per heavy atom. The third kappa shape index (κ3) is 1.26. The van der Waals surface area contributed by atoms with E-state index < -0.39 is 0 Å². The van der Waals surface area contributed by atoms with Crippen molar-refractivity contribution in [1.29, 1.82) is 0 Å². The predicted molar refractivity (Wildman–Crippen MR) is 47.9 cm³/mol. The van der Waals surface area contributed by atoms with E-state index in [1.54, 1.807) is 28.9 Å². The first-order chi connectivity index (χ1) is 6.18. The monoisotopic (exact) mass is 180 g/mol. The van der Waals surface area contributed by atoms with Crippen LogP contribution in [0.25, 0.3) is 0 Å². The number of nitrogen functional groups attached to an aromatic ring is 1. The van der Waals surface area contributed by atoms with Crippen molar-refractivity contribution in [3.8, 4) is 0 Å². The molecule has 1 fully saturated rings. The van der Waals surface area contributed by atoms with Crippen LogP contribution in [-0.4, -0.2) is 34.2 Å². The third-order valence-corrected chi connectivity index (χ3v) is 2.35. The van der Waals surface area contributed by atoms with Crippen LogP contribution < -0.4 is 5.73 Å². The van der Waals surface area contributed by atoms with Gasteiger partial charge in [-0.2, -0.15) is 5.10 Å². The zero-order valence-electron chi connectivity index (χ0n) is 7.47. The van der Waals surface area contributed by atoms with E-state index in [-0.39, 0.29) is 11.9 Å². The van der Waals surface area contributed by atoms with Crippen molar-refractivity contribution in [1.82, 2.24) is 14.7 Å². The first-order valence-electron chi connectivity index (χ1n) is 4.24. The summed E-state index contributed by atoms with van der Waals surface area (Å²) in [7, 11) is 1.80. The molecule has 70 valence electrons. The van der Waals surface area contributed by atoms with Gasteiger partial charge in [0.05, 0.1) is 0 Å². The minimum Gasteiger partial charge on any atom is -0.382 e. The maximum Gasteiger partial charge on any atom is 0.247 e. The molecule has 5 heteroatoms. The largest absolute Gasteiger partial charge is 0.382 e. The molecule has 0 aliphatic carbocycles. The second-order valence-corrected chi connectivity index (χ2v) is 3.28. The van der Waals surface area contributed by atoms with Crippen LogP contribution in [0.1, 0.15) is 12.5 Å². The van der Waals surface area contributed by atoms with Crippen molar-refractivity contribution in [2.45, 2.75) is 12.5 Å². The number of carbonyl (C=O) groups is 1. The van der Waals surface area contributed by atoms with Crippen LogP contribution in [0.15, 0.2) is 12.3 Å². The van der Waals surface area contributed by atoms with Gasteiger partial charge in [0.2, 0.25) is 5.91 Å². The van der Waals surface area contributed by atoms with Crippen molar-refractivity contribution in [3.05, 3.63) is 12.3 Å². The molecule has 0 spiro atoms. The summed E-state index contributed by atoms with van der Waals surface area (Å²) in [5, 5.41) is 4.02. The summed E-state index contributed by atoms with van der Waals surface area (Å²) >= 11 is 0. The maximum atomic E-state index is 11.5. The van der Waals surface area contributed by atoms with Crippen LogP contribution in [0.5, 0.6) is 0 Å². The number of likely N-dealkylation sites (N-methyl/N-ethyl adjacent to an activating group) is 1. The topological polar surface area (TPSA) is 64.2 Å². The minimum atomic E-state index is -0.151. The van der Waals surface area contributed by atoms with Gasteiger partial charge in [-0.15, -0.1) is 0 Å². The lowest BCUT2D eigenvalue weighted by Crippen LogP contribution is -2.24. The van der Waals surface area contributed by atoms with E-state index in [0.29, 0.717) is 5.82 Å². The number of anilines is 1. The highest BCUT2D eigenvalue weighted by molar-refractivity contribution is 5.82. The number of rotatable bonds is 1. The molecular weight excluding hydrogens is 168 g/mol. The molecule has 2 rings (SSSR count). The standard InChI is InChI=1S/C8H12N4O/c1-11-4-2-6(8(11)13)12-5-3-7(9)10-12/h3,5-6H,2,4H2,1H3,(H2,9,10). The third-order valence-electron chi connectivity index (χ3n) is 2.35. The zero-order valence-corrected chi connectivity index (χ0v) is 7.47. The van der Waals surface area contributed by atoms with Crippen molar-refractivity contribution in [2.75, 3.05) is 19.3 Å². The number of nitrogens with zero attached hydrogens (tertiary/aromatic N) is 3. The number of amides is 1. The zero-order chi connectivity index (χ0) is 9.42. The van der Waals surface area contributed by atoms with E-state index in [9.17, 15) is 4.79 Å². The molecule has 1 aliphatic heterocycles. The van der Waals surface area contributed by atoms with E-state index in [4.69, 9.17) is 5.73 Å². The molecule has 1 aliphatic rings. The van der Waals surface area contributed by atoms with Crippen molar-refractivity contribution in [2.24, 2.45) is 0 Å². The lowest BCUT2D eigenvalue weighted by molar-refractivity contribution is -0.129. The Hall–Kier alpha value is -1.52. The Morgan fingerprint density at radius 3 is 2.92 bits per heavy atom. The highest BCUT2D eigenvalue weighted by Crippen LogP contribution is 2.21. The van der Waals surface area contributed by atoms with Crippen LogP contribution in [-0.2, 0) is 4.79 Å². The summed E-state index contributed by atoms with van der Waals surface area (Å²) in [6, 6.07) is 1.55. The van der Waals surface area contributed by atoms with E-state index in [1.165, 1.54) is 0 Å². The van der Waals surface area contributed by atoms with Crippen molar-refractivity contribution < 1.29 is 4.79 Å². The van der Waals surface area contributed by atoms with Gasteiger partial charge in [-0.1, -0.05) is 0 Å². The number of hydrogen-bond acceptors (Lipinski definition) is 3. The SMILES string of the molecule is CN1CCC(n2ccc(N)n2)C1=O. The summed E-state index contributed by atoms with van der Waals surface area (Å²) < 4.78 is 1.64. The van der Waals surface area contributed by atoms with Crippen LogP contribution in [0.2, 0.25) is 0 Å². The second kappa shape index (κ2) is 2.76. The Bertz CT molecular complexity index is 333. The predicted octanol–water partition coefficient (Wildman–Crippen LogP) is -0.132. The molecule has 2 heterocycles. The van der Waals surface area contributed by atoms with E-state index in [2.05, 4.69) is 5.10 Å². The molecule has 1 amide bonds. The summed E-state index contributed by atoms with van der Waals surface area (Å²) in [6.07, 6.45) is 2.56. The Kier molecular flexibility index (Phi) is 1.72. The molecule has 1 saturated heterocycles. The lowest BCUT2D eigenvalue weighted by atomic mass is 10.2. The van der Waals surface area contributed by atoms with Crippen molar-refractivity contribution in [3.63, 3.8) is 0 Å². The first kappa shape index (κ1) is 8.10. The van der Waals surface area contributed by atoms with Crippen molar-refractivity contribution >= 4 is 11.7 Å². The van der Waals surface area contributed by atoms with E-state index in [0.717, 1.165) is 13.0 Å². The van der Waals surface area contributed by atoms with E-state index >= 15 is 0 Å². The van der Waals surface area contributed by atoms with Crippen LogP contribution in [0.4, 0.5) is 5.82 Å². The van der Waals surface area contributed by atoms with Gasteiger partial charge in [0.15, 0.2) is 0 Å². The quantitative estimate of drug-likeness (QED) is 0.654. The Balaban J connectivity index is 2.23. The van der Waals surface area contributed by atoms with Crippen LogP contribution in [0.3, 0.4) is 0 Å². The van der Waals surface area contributed by atoms with Gasteiger partial charge in [-0.05, 0) is 12.5 Å². The molecule has 1 aromatic rings. The summed E-state index contributed by atoms with van der Waals surface area (Å²) in [5.41, 5.74) is 5.47. The number of hydrogen-bond donors (Lipinski definition) is 1. The first-order valence-corrected chi connectivity index (χ1v) is 4.24. The molecule has 0 aromatic carbocycles. The highest BCUT2D eigenvalue weighted by atomic mass is 16.2. The van der Waals surface area contributed by atoms with E-state index in [1.807, 2.05) is 0 Å². The van der Waals surface area contributed by atoms with Gasteiger partial charge >= 0.3 is 0 Å². The second-order valence-electron chi connectivity index (χ2n) is 3.28. The summed E-state index contributed by atoms with van der Waals surface area (Å²) in [4.78, 5) is 13.3. The van der Waals surface area contributed by atoms with Gasteiger partial charge in [0.25, 0.3) is 0 Å². The molecule has 0 saturated carbocycles. The fourth-order valence-electron chi connectivity index (χ4n) is 1.58. The fourth-order valence-corrected chi connectivity index (χ4v) is 1.58. The average molecular weight is 180 g/mol. The molecule has 1 atom stereocenters. The molecule has 5 nitrogen and oxygen atoms in total. The number of likely N-dealkylation sites (tertiary alicyclic amines) is 1. The molecule has 0 radical (unpaired) electrons. The number of carbonyl (C=O) groups excluding carboxylic acids is 1. The van der Waals surface area contributed by atoms with Gasteiger partial charge in [0.1, 0.15) is 11.9 Å². The van der Waals surface area contributed by atoms with Gasteiger partial charge < -0.3 is 10.6 Å². The summed E-state index contributed by atoms with van der Waals surface area (Å²) in [5.74, 6) is 0.574. The average Bonchev–Trinajstić information content (AvgIpc) is 2.62. The van der Waals surface area contributed by atoms with Crippen LogP contribution >= 0.6 is 0 Å². The van der Waals surface area contributed by atoms with Crippen LogP contribution in [0, 0.1) is 0 Å². The molecule has 1 aromatic heterocycles. The Labute approximate surface area is 76.1 Å². The lowest BCUT2D eigenvalue weighted by Gasteiger charge is -2.09. The molecular formula is C8H12N4O.